The van der Waals surface area contributed by atoms with Gasteiger partial charge in [-0.15, -0.1) is 11.3 Å². The predicted octanol–water partition coefficient (Wildman–Crippen LogP) is 3.79. The third-order valence-electron chi connectivity index (χ3n) is 3.72. The number of benzene rings is 1. The lowest BCUT2D eigenvalue weighted by Gasteiger charge is -2.10. The van der Waals surface area contributed by atoms with Crippen molar-refractivity contribution >= 4 is 17.2 Å². The molecule has 1 heterocycles. The van der Waals surface area contributed by atoms with Gasteiger partial charge in [0, 0.05) is 16.5 Å². The quantitative estimate of drug-likeness (QED) is 0.932. The lowest BCUT2D eigenvalue weighted by atomic mass is 10.2. The van der Waals surface area contributed by atoms with Crippen molar-refractivity contribution in [3.8, 4) is 10.6 Å². The van der Waals surface area contributed by atoms with Gasteiger partial charge in [-0.25, -0.2) is 4.98 Å². The molecule has 0 radical (unpaired) electrons. The molecule has 0 bridgehead atoms. The van der Waals surface area contributed by atoms with Crippen LogP contribution in [0.1, 0.15) is 41.0 Å². The zero-order valence-electron chi connectivity index (χ0n) is 11.6. The smallest absolute Gasteiger partial charge is 0.271 e. The van der Waals surface area contributed by atoms with Gasteiger partial charge in [-0.2, -0.15) is 0 Å². The molecular weight excluding hydrogens is 268 g/mol. The van der Waals surface area contributed by atoms with Crippen LogP contribution in [0.15, 0.2) is 30.3 Å². The van der Waals surface area contributed by atoms with Crippen LogP contribution in [0.5, 0.6) is 0 Å². The summed E-state index contributed by atoms with van der Waals surface area (Å²) in [5.41, 5.74) is 1.65. The summed E-state index contributed by atoms with van der Waals surface area (Å²) < 4.78 is 0. The molecule has 0 unspecified atom stereocenters. The largest absolute Gasteiger partial charge is 0.348 e. The molecule has 2 aromatic rings. The Kier molecular flexibility index (Phi) is 3.83. The molecule has 0 saturated heterocycles. The van der Waals surface area contributed by atoms with E-state index in [-0.39, 0.29) is 5.91 Å². The number of carbonyl (C=O) groups is 1. The number of hydrogen-bond donors (Lipinski definition) is 1. The summed E-state index contributed by atoms with van der Waals surface area (Å²) in [5, 5.41) is 4.02. The minimum atomic E-state index is -0.0205. The molecular formula is C16H18N2OS. The van der Waals surface area contributed by atoms with Crippen LogP contribution in [0.2, 0.25) is 0 Å². The Hall–Kier alpha value is -1.68. The van der Waals surface area contributed by atoms with Crippen LogP contribution in [0.4, 0.5) is 0 Å². The summed E-state index contributed by atoms with van der Waals surface area (Å²) in [4.78, 5) is 17.8. The van der Waals surface area contributed by atoms with Gasteiger partial charge in [0.15, 0.2) is 0 Å². The third kappa shape index (κ3) is 2.75. The normalized spacial score (nSPS) is 15.4. The summed E-state index contributed by atoms with van der Waals surface area (Å²) >= 11 is 1.58. The van der Waals surface area contributed by atoms with Gasteiger partial charge in [0.1, 0.15) is 10.7 Å². The van der Waals surface area contributed by atoms with E-state index in [4.69, 9.17) is 0 Å². The SMILES string of the molecule is Cc1sc(-c2ccccc2)nc1C(=O)NC1CCCC1. The average molecular weight is 286 g/mol. The fourth-order valence-corrected chi connectivity index (χ4v) is 3.55. The van der Waals surface area contributed by atoms with Crippen molar-refractivity contribution in [1.29, 1.82) is 0 Å². The third-order valence-corrected chi connectivity index (χ3v) is 4.74. The highest BCUT2D eigenvalue weighted by atomic mass is 32.1. The van der Waals surface area contributed by atoms with Gasteiger partial charge < -0.3 is 5.32 Å². The molecule has 0 spiro atoms. The first-order valence-corrected chi connectivity index (χ1v) is 7.89. The van der Waals surface area contributed by atoms with Gasteiger partial charge in [-0.05, 0) is 19.8 Å². The van der Waals surface area contributed by atoms with E-state index in [1.165, 1.54) is 12.8 Å². The van der Waals surface area contributed by atoms with E-state index in [2.05, 4.69) is 10.3 Å². The van der Waals surface area contributed by atoms with E-state index < -0.39 is 0 Å². The fourth-order valence-electron chi connectivity index (χ4n) is 2.64. The lowest BCUT2D eigenvalue weighted by molar-refractivity contribution is 0.0933. The van der Waals surface area contributed by atoms with E-state index in [9.17, 15) is 4.79 Å². The molecule has 1 aliphatic rings. The number of amides is 1. The Morgan fingerprint density at radius 2 is 1.95 bits per heavy atom. The van der Waals surface area contributed by atoms with Crippen LogP contribution >= 0.6 is 11.3 Å². The summed E-state index contributed by atoms with van der Waals surface area (Å²) in [6.45, 7) is 1.97. The molecule has 1 fully saturated rings. The molecule has 1 amide bonds. The van der Waals surface area contributed by atoms with E-state index in [0.717, 1.165) is 28.3 Å². The highest BCUT2D eigenvalue weighted by molar-refractivity contribution is 7.15. The molecule has 1 aromatic carbocycles. The molecule has 3 nitrogen and oxygen atoms in total. The first-order valence-electron chi connectivity index (χ1n) is 7.08. The van der Waals surface area contributed by atoms with Crippen LogP contribution < -0.4 is 5.32 Å². The van der Waals surface area contributed by atoms with Crippen molar-refractivity contribution in [1.82, 2.24) is 10.3 Å². The number of thiazole rings is 1. The lowest BCUT2D eigenvalue weighted by Crippen LogP contribution is -2.33. The second-order valence-electron chi connectivity index (χ2n) is 5.24. The van der Waals surface area contributed by atoms with Gasteiger partial charge in [0.2, 0.25) is 0 Å². The summed E-state index contributed by atoms with van der Waals surface area (Å²) in [5.74, 6) is -0.0205. The predicted molar refractivity (Wildman–Crippen MR) is 82.0 cm³/mol. The fraction of sp³-hybridized carbons (Fsp3) is 0.375. The Bertz CT molecular complexity index is 600. The number of rotatable bonds is 3. The van der Waals surface area contributed by atoms with Crippen LogP contribution in [0, 0.1) is 6.92 Å². The van der Waals surface area contributed by atoms with Crippen molar-refractivity contribution in [2.45, 2.75) is 38.6 Å². The second kappa shape index (κ2) is 5.75. The Morgan fingerprint density at radius 3 is 2.65 bits per heavy atom. The van der Waals surface area contributed by atoms with Crippen molar-refractivity contribution in [2.75, 3.05) is 0 Å². The second-order valence-corrected chi connectivity index (χ2v) is 6.45. The number of aromatic nitrogens is 1. The van der Waals surface area contributed by atoms with Crippen LogP contribution in [-0.2, 0) is 0 Å². The Labute approximate surface area is 123 Å². The van der Waals surface area contributed by atoms with Crippen molar-refractivity contribution in [3.05, 3.63) is 40.9 Å². The maximum atomic E-state index is 12.3. The molecule has 104 valence electrons. The summed E-state index contributed by atoms with van der Waals surface area (Å²) in [7, 11) is 0. The summed E-state index contributed by atoms with van der Waals surface area (Å²) in [6, 6.07) is 10.4. The van der Waals surface area contributed by atoms with Crippen LogP contribution in [0.3, 0.4) is 0 Å². The van der Waals surface area contributed by atoms with Crippen molar-refractivity contribution in [2.24, 2.45) is 0 Å². The standard InChI is InChI=1S/C16H18N2OS/c1-11-14(15(19)17-13-9-5-6-10-13)18-16(20-11)12-7-3-2-4-8-12/h2-4,7-8,13H,5-6,9-10H2,1H3,(H,17,19). The van der Waals surface area contributed by atoms with Crippen molar-refractivity contribution < 1.29 is 4.79 Å². The number of carbonyl (C=O) groups excluding carboxylic acids is 1. The molecule has 1 saturated carbocycles. The van der Waals surface area contributed by atoms with Gasteiger partial charge in [0.05, 0.1) is 0 Å². The highest BCUT2D eigenvalue weighted by Gasteiger charge is 2.21. The average Bonchev–Trinajstić information content (AvgIpc) is 3.09. The van der Waals surface area contributed by atoms with Gasteiger partial charge in [-0.3, -0.25) is 4.79 Å². The molecule has 1 N–H and O–H groups in total. The number of hydrogen-bond acceptors (Lipinski definition) is 3. The molecule has 0 atom stereocenters. The molecule has 0 aliphatic heterocycles. The van der Waals surface area contributed by atoms with Crippen LogP contribution in [0.25, 0.3) is 10.6 Å². The van der Waals surface area contributed by atoms with E-state index in [1.807, 2.05) is 37.3 Å². The molecule has 4 heteroatoms. The first kappa shape index (κ1) is 13.3. The van der Waals surface area contributed by atoms with Gasteiger partial charge in [0.25, 0.3) is 5.91 Å². The van der Waals surface area contributed by atoms with Gasteiger partial charge >= 0.3 is 0 Å². The zero-order chi connectivity index (χ0) is 13.9. The van der Waals surface area contributed by atoms with E-state index in [0.29, 0.717) is 11.7 Å². The molecule has 3 rings (SSSR count). The summed E-state index contributed by atoms with van der Waals surface area (Å²) in [6.07, 6.45) is 4.63. The maximum Gasteiger partial charge on any atom is 0.271 e. The van der Waals surface area contributed by atoms with E-state index in [1.54, 1.807) is 11.3 Å². The highest BCUT2D eigenvalue weighted by Crippen LogP contribution is 2.27. The molecule has 1 aliphatic carbocycles. The van der Waals surface area contributed by atoms with Crippen molar-refractivity contribution in [3.63, 3.8) is 0 Å². The zero-order valence-corrected chi connectivity index (χ0v) is 12.4. The van der Waals surface area contributed by atoms with Crippen LogP contribution in [-0.4, -0.2) is 16.9 Å². The number of nitrogens with one attached hydrogen (secondary N) is 1. The minimum Gasteiger partial charge on any atom is -0.348 e. The topological polar surface area (TPSA) is 42.0 Å². The number of nitrogens with zero attached hydrogens (tertiary/aromatic N) is 1. The Morgan fingerprint density at radius 1 is 1.25 bits per heavy atom. The Balaban J connectivity index is 1.80. The number of aryl methyl sites for hydroxylation is 1. The van der Waals surface area contributed by atoms with Gasteiger partial charge in [-0.1, -0.05) is 43.2 Å². The molecule has 1 aromatic heterocycles. The maximum absolute atomic E-state index is 12.3. The monoisotopic (exact) mass is 286 g/mol. The molecule has 20 heavy (non-hydrogen) atoms. The first-order chi connectivity index (χ1) is 9.74. The van der Waals surface area contributed by atoms with E-state index >= 15 is 0 Å². The minimum absolute atomic E-state index is 0.0205.